The summed E-state index contributed by atoms with van der Waals surface area (Å²) in [5, 5.41) is 11.5. The first kappa shape index (κ1) is 15.6. The molecule has 0 unspecified atom stereocenters. The smallest absolute Gasteiger partial charge is 0.301 e. The normalized spacial score (nSPS) is 10.6. The Balaban J connectivity index is 2.38. The molecular weight excluding hydrogens is 360 g/mol. The highest BCUT2D eigenvalue weighted by molar-refractivity contribution is 9.10. The van der Waals surface area contributed by atoms with E-state index in [1.807, 2.05) is 6.92 Å². The maximum absolute atomic E-state index is 11.6. The Labute approximate surface area is 132 Å². The quantitative estimate of drug-likeness (QED) is 0.493. The van der Waals surface area contributed by atoms with Crippen molar-refractivity contribution in [2.24, 2.45) is 0 Å². The van der Waals surface area contributed by atoms with Gasteiger partial charge in [-0.1, -0.05) is 13.3 Å². The molecule has 0 bridgehead atoms. The summed E-state index contributed by atoms with van der Waals surface area (Å²) in [4.78, 5) is 32.9. The predicted octanol–water partition coefficient (Wildman–Crippen LogP) is 2.94. The summed E-state index contributed by atoms with van der Waals surface area (Å²) in [6.07, 6.45) is 2.99. The second-order valence-corrected chi connectivity index (χ2v) is 6.02. The summed E-state index contributed by atoms with van der Waals surface area (Å²) in [7, 11) is 0. The van der Waals surface area contributed by atoms with E-state index in [-0.39, 0.29) is 16.3 Å². The predicted molar refractivity (Wildman–Crippen MR) is 81.6 cm³/mol. The van der Waals surface area contributed by atoms with Gasteiger partial charge in [0.2, 0.25) is 0 Å². The van der Waals surface area contributed by atoms with Crippen LogP contribution < -0.4 is 5.56 Å². The molecule has 1 N–H and O–H groups in total. The van der Waals surface area contributed by atoms with Gasteiger partial charge in [-0.25, -0.2) is 9.97 Å². The number of rotatable bonds is 5. The fourth-order valence-corrected chi connectivity index (χ4v) is 2.79. The van der Waals surface area contributed by atoms with Crippen LogP contribution in [-0.4, -0.2) is 19.9 Å². The molecule has 9 heteroatoms. The molecule has 21 heavy (non-hydrogen) atoms. The fourth-order valence-electron chi connectivity index (χ4n) is 1.63. The van der Waals surface area contributed by atoms with Gasteiger partial charge in [0.05, 0.1) is 4.92 Å². The number of halogens is 1. The average Bonchev–Trinajstić information content (AvgIpc) is 2.40. The molecule has 110 valence electrons. The van der Waals surface area contributed by atoms with Gasteiger partial charge in [0.15, 0.2) is 10.2 Å². The van der Waals surface area contributed by atoms with E-state index in [4.69, 9.17) is 0 Å². The Bertz CT molecular complexity index is 735. The van der Waals surface area contributed by atoms with E-state index in [9.17, 15) is 14.9 Å². The Morgan fingerprint density at radius 1 is 1.48 bits per heavy atom. The lowest BCUT2D eigenvalue weighted by molar-refractivity contribution is -0.388. The van der Waals surface area contributed by atoms with Crippen LogP contribution in [0.15, 0.2) is 37.8 Å². The minimum atomic E-state index is -0.520. The van der Waals surface area contributed by atoms with E-state index < -0.39 is 4.92 Å². The average molecular weight is 371 g/mol. The molecular formula is C12H11BrN4O3S. The van der Waals surface area contributed by atoms with E-state index in [1.54, 1.807) is 0 Å². The fraction of sp³-hybridized carbons (Fsp3) is 0.250. The van der Waals surface area contributed by atoms with Crippen molar-refractivity contribution >= 4 is 33.4 Å². The molecule has 0 aliphatic rings. The van der Waals surface area contributed by atoms with Crippen LogP contribution >= 0.6 is 27.7 Å². The van der Waals surface area contributed by atoms with Crippen LogP contribution in [0.25, 0.3) is 0 Å². The first-order chi connectivity index (χ1) is 9.99. The summed E-state index contributed by atoms with van der Waals surface area (Å²) in [5.41, 5.74) is 0.233. The number of hydrogen-bond donors (Lipinski definition) is 1. The maximum Gasteiger partial charge on any atom is 0.302 e. The van der Waals surface area contributed by atoms with Crippen molar-refractivity contribution in [2.75, 3.05) is 0 Å². The van der Waals surface area contributed by atoms with Gasteiger partial charge < -0.3 is 4.98 Å². The zero-order valence-corrected chi connectivity index (χ0v) is 13.4. The van der Waals surface area contributed by atoms with Crippen molar-refractivity contribution in [3.63, 3.8) is 0 Å². The van der Waals surface area contributed by atoms with Crippen molar-refractivity contribution in [3.8, 4) is 0 Å². The second kappa shape index (κ2) is 6.81. The molecule has 0 spiro atoms. The third kappa shape index (κ3) is 4.11. The highest BCUT2D eigenvalue weighted by Crippen LogP contribution is 2.32. The zero-order valence-electron chi connectivity index (χ0n) is 11.0. The van der Waals surface area contributed by atoms with Crippen LogP contribution in [-0.2, 0) is 6.42 Å². The molecule has 0 amide bonds. The molecule has 2 rings (SSSR count). The molecule has 2 aromatic heterocycles. The first-order valence-corrected chi connectivity index (χ1v) is 7.68. The van der Waals surface area contributed by atoms with Gasteiger partial charge in [0, 0.05) is 28.5 Å². The number of pyridine rings is 1. The van der Waals surface area contributed by atoms with E-state index in [0.29, 0.717) is 21.7 Å². The lowest BCUT2D eigenvalue weighted by Crippen LogP contribution is -2.10. The first-order valence-electron chi connectivity index (χ1n) is 6.07. The molecule has 0 atom stereocenters. The monoisotopic (exact) mass is 370 g/mol. The van der Waals surface area contributed by atoms with Gasteiger partial charge in [-0.15, -0.1) is 0 Å². The molecule has 0 fully saturated rings. The molecule has 2 aromatic rings. The molecule has 7 nitrogen and oxygen atoms in total. The number of nitro groups is 1. The molecule has 0 saturated carbocycles. The summed E-state index contributed by atoms with van der Waals surface area (Å²) in [6, 6.07) is 2.79. The summed E-state index contributed by atoms with van der Waals surface area (Å²) < 4.78 is 0.514. The lowest BCUT2D eigenvalue weighted by Gasteiger charge is -2.04. The molecule has 0 aromatic carbocycles. The molecule has 0 radical (unpaired) electrons. The van der Waals surface area contributed by atoms with Crippen LogP contribution in [0.2, 0.25) is 0 Å². The minimum absolute atomic E-state index is 0.141. The lowest BCUT2D eigenvalue weighted by atomic mass is 10.2. The topological polar surface area (TPSA) is 102 Å². The van der Waals surface area contributed by atoms with Crippen molar-refractivity contribution < 1.29 is 4.92 Å². The SMILES string of the molecule is CCCc1cc(=O)[nH]c(Sc2ncc(Br)cc2[N+](=O)[O-])n1. The molecule has 2 heterocycles. The Morgan fingerprint density at radius 3 is 2.90 bits per heavy atom. The highest BCUT2D eigenvalue weighted by atomic mass is 79.9. The van der Waals surface area contributed by atoms with Gasteiger partial charge in [0.25, 0.3) is 5.56 Å². The van der Waals surface area contributed by atoms with Gasteiger partial charge in [-0.2, -0.15) is 0 Å². The van der Waals surface area contributed by atoms with Crippen molar-refractivity contribution in [1.29, 1.82) is 0 Å². The van der Waals surface area contributed by atoms with E-state index in [2.05, 4.69) is 30.9 Å². The van der Waals surface area contributed by atoms with E-state index in [1.165, 1.54) is 18.3 Å². The summed E-state index contributed by atoms with van der Waals surface area (Å²) >= 11 is 4.11. The highest BCUT2D eigenvalue weighted by Gasteiger charge is 2.18. The number of hydrogen-bond acceptors (Lipinski definition) is 6. The van der Waals surface area contributed by atoms with Crippen LogP contribution in [0.1, 0.15) is 19.0 Å². The van der Waals surface area contributed by atoms with Crippen LogP contribution in [0, 0.1) is 10.1 Å². The van der Waals surface area contributed by atoms with E-state index >= 15 is 0 Å². The number of H-pyrrole nitrogens is 1. The third-order valence-electron chi connectivity index (χ3n) is 2.47. The molecule has 0 aliphatic heterocycles. The minimum Gasteiger partial charge on any atom is -0.301 e. The standard InChI is InChI=1S/C12H11BrN4O3S/c1-2-3-8-5-10(18)16-12(15-8)21-11-9(17(19)20)4-7(13)6-14-11/h4-6H,2-3H2,1H3,(H,15,16,18). The number of nitrogens with zero attached hydrogens (tertiary/aromatic N) is 3. The van der Waals surface area contributed by atoms with Crippen molar-refractivity contribution in [3.05, 3.63) is 49.0 Å². The molecule has 0 saturated heterocycles. The van der Waals surface area contributed by atoms with Crippen LogP contribution in [0.3, 0.4) is 0 Å². The number of aryl methyl sites for hydroxylation is 1. The third-order valence-corrected chi connectivity index (χ3v) is 3.80. The Hall–Kier alpha value is -1.74. The summed E-state index contributed by atoms with van der Waals surface area (Å²) in [5.74, 6) is 0. The van der Waals surface area contributed by atoms with Crippen LogP contribution in [0.4, 0.5) is 5.69 Å². The number of nitrogens with one attached hydrogen (secondary N) is 1. The van der Waals surface area contributed by atoms with Crippen molar-refractivity contribution in [1.82, 2.24) is 15.0 Å². The van der Waals surface area contributed by atoms with E-state index in [0.717, 1.165) is 18.2 Å². The molecule has 0 aliphatic carbocycles. The number of aromatic amines is 1. The van der Waals surface area contributed by atoms with Crippen LogP contribution in [0.5, 0.6) is 0 Å². The second-order valence-electron chi connectivity index (χ2n) is 4.13. The maximum atomic E-state index is 11.6. The van der Waals surface area contributed by atoms with Gasteiger partial charge in [-0.05, 0) is 34.1 Å². The van der Waals surface area contributed by atoms with Gasteiger partial charge in [-0.3, -0.25) is 14.9 Å². The van der Waals surface area contributed by atoms with Gasteiger partial charge >= 0.3 is 5.69 Å². The summed E-state index contributed by atoms with van der Waals surface area (Å²) in [6.45, 7) is 1.98. The Kier molecular flexibility index (Phi) is 5.07. The number of aromatic nitrogens is 3. The Morgan fingerprint density at radius 2 is 2.24 bits per heavy atom. The zero-order chi connectivity index (χ0) is 15.4. The largest absolute Gasteiger partial charge is 0.302 e. The van der Waals surface area contributed by atoms with Crippen molar-refractivity contribution in [2.45, 2.75) is 29.9 Å². The van der Waals surface area contributed by atoms with Gasteiger partial charge in [0.1, 0.15) is 0 Å².